The Morgan fingerprint density at radius 2 is 1.79 bits per heavy atom. The molecule has 0 saturated carbocycles. The van der Waals surface area contributed by atoms with Crippen LogP contribution in [0.5, 0.6) is 5.75 Å². The molecular weight excluding hydrogens is 348 g/mol. The van der Waals surface area contributed by atoms with E-state index in [1.807, 2.05) is 25.1 Å². The minimum atomic E-state index is -0.241. The molecule has 3 heterocycles. The van der Waals surface area contributed by atoms with Gasteiger partial charge in [-0.15, -0.1) is 0 Å². The summed E-state index contributed by atoms with van der Waals surface area (Å²) in [4.78, 5) is 0. The summed E-state index contributed by atoms with van der Waals surface area (Å²) < 4.78 is 12.3. The first kappa shape index (κ1) is 17.1. The van der Waals surface area contributed by atoms with Crippen LogP contribution >= 0.6 is 0 Å². The van der Waals surface area contributed by atoms with Crippen molar-refractivity contribution < 1.29 is 9.15 Å². The summed E-state index contributed by atoms with van der Waals surface area (Å²) >= 11 is 0. The summed E-state index contributed by atoms with van der Waals surface area (Å²) in [6, 6.07) is 21.1. The van der Waals surface area contributed by atoms with Crippen molar-refractivity contribution >= 4 is 5.71 Å². The van der Waals surface area contributed by atoms with Crippen LogP contribution in [0, 0.1) is 6.92 Å². The van der Waals surface area contributed by atoms with E-state index in [4.69, 9.17) is 14.3 Å². The maximum atomic E-state index is 6.41. The van der Waals surface area contributed by atoms with Gasteiger partial charge in [-0.05, 0) is 36.6 Å². The predicted octanol–water partition coefficient (Wildman–Crippen LogP) is 5.95. The lowest BCUT2D eigenvalue weighted by molar-refractivity contribution is -0.0190. The molecule has 4 heteroatoms. The third kappa shape index (κ3) is 2.80. The van der Waals surface area contributed by atoms with Gasteiger partial charge in [0.1, 0.15) is 23.0 Å². The van der Waals surface area contributed by atoms with E-state index in [1.54, 1.807) is 0 Å². The summed E-state index contributed by atoms with van der Waals surface area (Å²) in [6.45, 7) is 6.38. The highest BCUT2D eigenvalue weighted by Crippen LogP contribution is 2.47. The lowest BCUT2D eigenvalue weighted by Crippen LogP contribution is -2.33. The highest BCUT2D eigenvalue weighted by Gasteiger charge is 2.41. The second-order valence-corrected chi connectivity index (χ2v) is 7.89. The zero-order chi connectivity index (χ0) is 19.3. The molecule has 2 aliphatic rings. The Morgan fingerprint density at radius 3 is 2.50 bits per heavy atom. The summed E-state index contributed by atoms with van der Waals surface area (Å²) in [7, 11) is 0. The van der Waals surface area contributed by atoms with Crippen LogP contribution in [-0.2, 0) is 0 Å². The molecule has 0 amide bonds. The Bertz CT molecular complexity index is 1030. The fourth-order valence-electron chi connectivity index (χ4n) is 4.04. The van der Waals surface area contributed by atoms with Crippen LogP contribution in [0.3, 0.4) is 0 Å². The summed E-state index contributed by atoms with van der Waals surface area (Å²) in [5.41, 5.74) is 4.60. The van der Waals surface area contributed by atoms with Crippen LogP contribution in [-0.4, -0.2) is 10.7 Å². The quantitative estimate of drug-likeness (QED) is 0.570. The van der Waals surface area contributed by atoms with E-state index in [9.17, 15) is 0 Å². The Kier molecular flexibility index (Phi) is 4.00. The van der Waals surface area contributed by atoms with E-state index in [1.165, 1.54) is 11.1 Å². The molecule has 0 aliphatic carbocycles. The molecule has 0 saturated heterocycles. The number of para-hydroxylation sites is 1. The first-order valence-corrected chi connectivity index (χ1v) is 9.88. The molecule has 0 bridgehead atoms. The SMILES string of the molecule is Cc1ccc(C2=NN3C(C2)c2ccccc2OC3c2ccc(C(C)C)cc2)o1. The number of nitrogens with zero attached hydrogens (tertiary/aromatic N) is 2. The fraction of sp³-hybridized carbons (Fsp3) is 0.292. The second kappa shape index (κ2) is 6.55. The third-order valence-corrected chi connectivity index (χ3v) is 5.61. The molecule has 0 N–H and O–H groups in total. The number of fused-ring (bicyclic) bond motifs is 3. The molecule has 142 valence electrons. The van der Waals surface area contributed by atoms with Crippen LogP contribution in [0.1, 0.15) is 66.7 Å². The molecule has 28 heavy (non-hydrogen) atoms. The third-order valence-electron chi connectivity index (χ3n) is 5.61. The topological polar surface area (TPSA) is 38.0 Å². The molecule has 2 aliphatic heterocycles. The highest BCUT2D eigenvalue weighted by molar-refractivity contribution is 5.99. The molecule has 2 atom stereocenters. The van der Waals surface area contributed by atoms with Crippen molar-refractivity contribution in [3.8, 4) is 5.75 Å². The number of aryl methyl sites for hydroxylation is 1. The standard InChI is InChI=1S/C24H24N2O2/c1-15(2)17-9-11-18(12-10-17)24-26-21(19-6-4-5-7-22(19)28-24)14-20(25-26)23-13-8-16(3)27-23/h4-13,15,21,24H,14H2,1-3H3. The van der Waals surface area contributed by atoms with Gasteiger partial charge in [0.05, 0.1) is 6.04 Å². The van der Waals surface area contributed by atoms with Gasteiger partial charge in [-0.2, -0.15) is 5.10 Å². The Labute approximate surface area is 165 Å². The summed E-state index contributed by atoms with van der Waals surface area (Å²) in [5, 5.41) is 7.04. The number of furan rings is 1. The molecule has 1 aromatic heterocycles. The van der Waals surface area contributed by atoms with E-state index in [0.29, 0.717) is 5.92 Å². The number of benzene rings is 2. The maximum absolute atomic E-state index is 6.41. The molecule has 0 spiro atoms. The van der Waals surface area contributed by atoms with Crippen LogP contribution < -0.4 is 4.74 Å². The van der Waals surface area contributed by atoms with Gasteiger partial charge in [0.2, 0.25) is 6.23 Å². The fourth-order valence-corrected chi connectivity index (χ4v) is 4.04. The van der Waals surface area contributed by atoms with Crippen molar-refractivity contribution in [1.29, 1.82) is 0 Å². The Morgan fingerprint density at radius 1 is 1.00 bits per heavy atom. The molecule has 2 unspecified atom stereocenters. The molecule has 5 rings (SSSR count). The maximum Gasteiger partial charge on any atom is 0.213 e. The molecule has 2 aromatic carbocycles. The van der Waals surface area contributed by atoms with Gasteiger partial charge in [-0.3, -0.25) is 0 Å². The number of ether oxygens (including phenoxy) is 1. The monoisotopic (exact) mass is 372 g/mol. The highest BCUT2D eigenvalue weighted by atomic mass is 16.5. The van der Waals surface area contributed by atoms with E-state index in [-0.39, 0.29) is 12.3 Å². The van der Waals surface area contributed by atoms with E-state index >= 15 is 0 Å². The van der Waals surface area contributed by atoms with Gasteiger partial charge in [-0.25, -0.2) is 5.01 Å². The largest absolute Gasteiger partial charge is 0.464 e. The predicted molar refractivity (Wildman–Crippen MR) is 110 cm³/mol. The average molecular weight is 372 g/mol. The number of hydrogen-bond donors (Lipinski definition) is 0. The van der Waals surface area contributed by atoms with Crippen LogP contribution in [0.15, 0.2) is 70.2 Å². The molecule has 3 aromatic rings. The van der Waals surface area contributed by atoms with E-state index in [2.05, 4.69) is 61.3 Å². The Hall–Kier alpha value is -3.01. The van der Waals surface area contributed by atoms with Crippen molar-refractivity contribution in [2.45, 2.75) is 45.4 Å². The van der Waals surface area contributed by atoms with Crippen LogP contribution in [0.4, 0.5) is 0 Å². The lowest BCUT2D eigenvalue weighted by atomic mass is 9.96. The van der Waals surface area contributed by atoms with Crippen molar-refractivity contribution in [2.75, 3.05) is 0 Å². The van der Waals surface area contributed by atoms with Gasteiger partial charge < -0.3 is 9.15 Å². The lowest BCUT2D eigenvalue weighted by Gasteiger charge is -2.38. The van der Waals surface area contributed by atoms with Gasteiger partial charge in [-0.1, -0.05) is 56.3 Å². The number of rotatable bonds is 3. The first-order valence-electron chi connectivity index (χ1n) is 9.88. The zero-order valence-electron chi connectivity index (χ0n) is 16.4. The molecule has 0 fully saturated rings. The van der Waals surface area contributed by atoms with Crippen molar-refractivity contribution in [1.82, 2.24) is 5.01 Å². The molecular formula is C24H24N2O2. The minimum absolute atomic E-state index is 0.153. The van der Waals surface area contributed by atoms with E-state index < -0.39 is 0 Å². The molecule has 0 radical (unpaired) electrons. The van der Waals surface area contributed by atoms with Crippen LogP contribution in [0.2, 0.25) is 0 Å². The van der Waals surface area contributed by atoms with Gasteiger partial charge in [0.15, 0.2) is 0 Å². The van der Waals surface area contributed by atoms with Crippen molar-refractivity contribution in [3.05, 3.63) is 88.9 Å². The smallest absolute Gasteiger partial charge is 0.213 e. The second-order valence-electron chi connectivity index (χ2n) is 7.89. The zero-order valence-corrected chi connectivity index (χ0v) is 16.4. The molecule has 4 nitrogen and oxygen atoms in total. The number of hydrogen-bond acceptors (Lipinski definition) is 4. The first-order chi connectivity index (χ1) is 13.6. The number of hydrazone groups is 1. The summed E-state index contributed by atoms with van der Waals surface area (Å²) in [5.74, 6) is 3.19. The van der Waals surface area contributed by atoms with Gasteiger partial charge in [0, 0.05) is 17.5 Å². The summed E-state index contributed by atoms with van der Waals surface area (Å²) in [6.07, 6.45) is 0.572. The van der Waals surface area contributed by atoms with Crippen LogP contribution in [0.25, 0.3) is 0 Å². The average Bonchev–Trinajstić information content (AvgIpc) is 3.34. The Balaban J connectivity index is 1.56. The normalized spacial score (nSPS) is 20.6. The minimum Gasteiger partial charge on any atom is -0.464 e. The van der Waals surface area contributed by atoms with E-state index in [0.717, 1.165) is 35.0 Å². The van der Waals surface area contributed by atoms with Gasteiger partial charge in [0.25, 0.3) is 0 Å². The van der Waals surface area contributed by atoms with Gasteiger partial charge >= 0.3 is 0 Å². The van der Waals surface area contributed by atoms with Crippen molar-refractivity contribution in [2.24, 2.45) is 5.10 Å². The van der Waals surface area contributed by atoms with Crippen molar-refractivity contribution in [3.63, 3.8) is 0 Å².